The molecule has 14 heteroatoms. The minimum absolute atomic E-state index is 0.0108. The number of ether oxygens (including phenoxy) is 1. The highest BCUT2D eigenvalue weighted by molar-refractivity contribution is 7.89. The standard InChI is InChI=1S/C51H59N5O8S/c1-32-13-20-38(21-14-32)65(62,63)56-26-25-40-44(31-57)53-43-22-19-36(29-41(43)49(40)56)35-8-3-9-37(28-35)52-47(58)12-2-6-33-15-17-34(18-16-33)7-5-27-64-46-11-4-10-39-42(46)30-55(51(39)61)45-23-24-48(59)54-50(45)60/h3-4,8-11,13-14,19-22,28-29,33-34,40,44-45,49,53,57H,2,5-7,12,15-18,23-27,30-31H2,1H3,(H,52,58)(H,54,59,60)/t33?,34?,40-,44+,45?,49-/m1/s1. The van der Waals surface area contributed by atoms with Crippen molar-refractivity contribution < 1.29 is 37.4 Å². The van der Waals surface area contributed by atoms with E-state index in [4.69, 9.17) is 4.74 Å². The van der Waals surface area contributed by atoms with Crippen molar-refractivity contribution in [3.05, 3.63) is 107 Å². The number of carbonyl (C=O) groups excluding carboxylic acids is 4. The first-order chi connectivity index (χ1) is 31.5. The van der Waals surface area contributed by atoms with E-state index >= 15 is 0 Å². The molecule has 9 rings (SSSR count). The zero-order chi connectivity index (χ0) is 45.2. The highest BCUT2D eigenvalue weighted by Gasteiger charge is 2.48. The fraction of sp³-hybridized carbons (Fsp3) is 0.451. The first kappa shape index (κ1) is 44.6. The van der Waals surface area contributed by atoms with Crippen LogP contribution in [0.2, 0.25) is 0 Å². The number of piperidine rings is 1. The van der Waals surface area contributed by atoms with Crippen LogP contribution in [0.3, 0.4) is 0 Å². The third-order valence-electron chi connectivity index (χ3n) is 14.5. The van der Waals surface area contributed by atoms with Crippen molar-refractivity contribution in [2.75, 3.05) is 30.4 Å². The molecule has 342 valence electrons. The van der Waals surface area contributed by atoms with E-state index in [1.165, 1.54) is 12.8 Å². The number of aliphatic hydroxyl groups is 1. The Morgan fingerprint density at radius 1 is 0.862 bits per heavy atom. The summed E-state index contributed by atoms with van der Waals surface area (Å²) in [5.74, 6) is 0.923. The molecule has 2 saturated heterocycles. The summed E-state index contributed by atoms with van der Waals surface area (Å²) in [6.45, 7) is 3.06. The van der Waals surface area contributed by atoms with E-state index in [-0.39, 0.29) is 47.6 Å². The molecular weight excluding hydrogens is 843 g/mol. The van der Waals surface area contributed by atoms with Gasteiger partial charge in [-0.15, -0.1) is 0 Å². The van der Waals surface area contributed by atoms with Crippen LogP contribution in [-0.4, -0.2) is 78.2 Å². The van der Waals surface area contributed by atoms with Gasteiger partial charge in [-0.25, -0.2) is 8.42 Å². The van der Waals surface area contributed by atoms with E-state index in [1.807, 2.05) is 67.6 Å². The number of hydrogen-bond donors (Lipinski definition) is 4. The zero-order valence-corrected chi connectivity index (χ0v) is 37.8. The monoisotopic (exact) mass is 901 g/mol. The Labute approximate surface area is 381 Å². The molecule has 1 unspecified atom stereocenters. The number of aryl methyl sites for hydroxylation is 1. The minimum atomic E-state index is -3.79. The summed E-state index contributed by atoms with van der Waals surface area (Å²) in [6.07, 6.45) is 10.1. The number of carbonyl (C=O) groups is 4. The second-order valence-corrected chi connectivity index (χ2v) is 20.5. The Morgan fingerprint density at radius 2 is 1.60 bits per heavy atom. The van der Waals surface area contributed by atoms with Gasteiger partial charge in [0.05, 0.1) is 36.7 Å². The Hall–Kier alpha value is -5.57. The molecule has 1 aliphatic carbocycles. The number of nitrogens with zero attached hydrogens (tertiary/aromatic N) is 2. The van der Waals surface area contributed by atoms with E-state index in [2.05, 4.69) is 22.0 Å². The summed E-state index contributed by atoms with van der Waals surface area (Å²) in [6, 6.07) is 24.9. The lowest BCUT2D eigenvalue weighted by atomic mass is 9.78. The van der Waals surface area contributed by atoms with Crippen molar-refractivity contribution in [2.24, 2.45) is 17.8 Å². The topological polar surface area (TPSA) is 174 Å². The number of rotatable bonds is 15. The summed E-state index contributed by atoms with van der Waals surface area (Å²) in [5, 5.41) is 19.2. The van der Waals surface area contributed by atoms with Crippen LogP contribution in [0.5, 0.6) is 5.75 Å². The van der Waals surface area contributed by atoms with Crippen molar-refractivity contribution in [1.29, 1.82) is 0 Å². The fourth-order valence-electron chi connectivity index (χ4n) is 10.9. The molecule has 0 spiro atoms. The highest BCUT2D eigenvalue weighted by atomic mass is 32.2. The molecule has 1 saturated carbocycles. The van der Waals surface area contributed by atoms with Crippen LogP contribution in [-0.2, 0) is 31.0 Å². The number of fused-ring (bicyclic) bond motifs is 4. The number of benzene rings is 4. The second kappa shape index (κ2) is 19.1. The molecule has 4 atom stereocenters. The van der Waals surface area contributed by atoms with Crippen molar-refractivity contribution in [1.82, 2.24) is 14.5 Å². The van der Waals surface area contributed by atoms with Gasteiger partial charge in [0.25, 0.3) is 5.91 Å². The van der Waals surface area contributed by atoms with Crippen LogP contribution >= 0.6 is 0 Å². The molecule has 4 heterocycles. The number of nitrogens with one attached hydrogen (secondary N) is 3. The Balaban J connectivity index is 0.727. The molecule has 3 fully saturated rings. The lowest BCUT2D eigenvalue weighted by Gasteiger charge is -2.39. The summed E-state index contributed by atoms with van der Waals surface area (Å²) in [4.78, 5) is 52.3. The summed E-state index contributed by atoms with van der Waals surface area (Å²) >= 11 is 0. The van der Waals surface area contributed by atoms with Gasteiger partial charge in [0.2, 0.25) is 27.7 Å². The summed E-state index contributed by atoms with van der Waals surface area (Å²) in [7, 11) is -3.79. The lowest BCUT2D eigenvalue weighted by molar-refractivity contribution is -0.137. The number of anilines is 2. The Kier molecular flexibility index (Phi) is 13.1. The summed E-state index contributed by atoms with van der Waals surface area (Å²) in [5.41, 5.74) is 6.61. The first-order valence-electron chi connectivity index (χ1n) is 23.4. The van der Waals surface area contributed by atoms with Gasteiger partial charge >= 0.3 is 0 Å². The SMILES string of the molecule is Cc1ccc(S(=O)(=O)N2CC[C@@H]3[C@H](CO)Nc4ccc(-c5cccc(NC(=O)CCCC6CCC(CCCOc7cccc8c7CN(C7CCC(=O)NC7=O)C8=O)CC6)c5)cc4[C@@H]32)cc1. The molecule has 4 aromatic rings. The van der Waals surface area contributed by atoms with Crippen LogP contribution in [0.25, 0.3) is 11.1 Å². The van der Waals surface area contributed by atoms with Gasteiger partial charge in [-0.3, -0.25) is 24.5 Å². The number of hydrogen-bond acceptors (Lipinski definition) is 9. The zero-order valence-electron chi connectivity index (χ0n) is 37.0. The van der Waals surface area contributed by atoms with E-state index in [1.54, 1.807) is 27.4 Å². The molecule has 4 N–H and O–H groups in total. The largest absolute Gasteiger partial charge is 0.493 e. The van der Waals surface area contributed by atoms with Crippen molar-refractivity contribution >= 4 is 45.0 Å². The maximum absolute atomic E-state index is 14.0. The smallest absolute Gasteiger partial charge is 0.255 e. The maximum Gasteiger partial charge on any atom is 0.255 e. The van der Waals surface area contributed by atoms with Gasteiger partial charge in [0.15, 0.2) is 0 Å². The van der Waals surface area contributed by atoms with Crippen LogP contribution in [0.4, 0.5) is 11.4 Å². The van der Waals surface area contributed by atoms with Gasteiger partial charge < -0.3 is 25.4 Å². The average Bonchev–Trinajstić information content (AvgIpc) is 3.91. The van der Waals surface area contributed by atoms with Crippen molar-refractivity contribution in [3.63, 3.8) is 0 Å². The van der Waals surface area contributed by atoms with Crippen LogP contribution in [0, 0.1) is 24.7 Å². The average molecular weight is 902 g/mol. The quantitative estimate of drug-likeness (QED) is 0.0688. The van der Waals surface area contributed by atoms with E-state index in [9.17, 15) is 32.7 Å². The van der Waals surface area contributed by atoms with Crippen LogP contribution in [0.1, 0.15) is 110 Å². The predicted molar refractivity (Wildman–Crippen MR) is 247 cm³/mol. The fourth-order valence-corrected chi connectivity index (χ4v) is 12.6. The van der Waals surface area contributed by atoms with Gasteiger partial charge in [-0.1, -0.05) is 67.6 Å². The molecule has 0 aromatic heterocycles. The van der Waals surface area contributed by atoms with Crippen molar-refractivity contribution in [3.8, 4) is 16.9 Å². The normalized spacial score (nSPS) is 24.2. The predicted octanol–water partition coefficient (Wildman–Crippen LogP) is 7.74. The number of amides is 4. The van der Waals surface area contributed by atoms with E-state index < -0.39 is 28.0 Å². The maximum atomic E-state index is 14.0. The van der Waals surface area contributed by atoms with Gasteiger partial charge in [0, 0.05) is 47.8 Å². The number of sulfonamides is 1. The molecular formula is C51H59N5O8S. The molecule has 65 heavy (non-hydrogen) atoms. The van der Waals surface area contributed by atoms with Crippen LogP contribution in [0.15, 0.2) is 89.8 Å². The first-order valence-corrected chi connectivity index (χ1v) is 24.8. The van der Waals surface area contributed by atoms with Gasteiger partial charge in [0.1, 0.15) is 11.8 Å². The van der Waals surface area contributed by atoms with Gasteiger partial charge in [-0.2, -0.15) is 4.31 Å². The third kappa shape index (κ3) is 9.43. The van der Waals surface area contributed by atoms with Crippen molar-refractivity contribution in [2.45, 2.75) is 114 Å². The number of aliphatic hydroxyl groups excluding tert-OH is 1. The molecule has 0 radical (unpaired) electrons. The second-order valence-electron chi connectivity index (χ2n) is 18.6. The van der Waals surface area contributed by atoms with Gasteiger partial charge in [-0.05, 0) is 123 Å². The molecule has 4 aliphatic heterocycles. The van der Waals surface area contributed by atoms with Crippen LogP contribution < -0.4 is 20.7 Å². The highest BCUT2D eigenvalue weighted by Crippen LogP contribution is 2.49. The molecule has 5 aliphatic rings. The Bertz CT molecular complexity index is 2560. The number of imide groups is 1. The van der Waals surface area contributed by atoms with E-state index in [0.717, 1.165) is 77.7 Å². The minimum Gasteiger partial charge on any atom is -0.493 e. The summed E-state index contributed by atoms with van der Waals surface area (Å²) < 4.78 is 35.9. The third-order valence-corrected chi connectivity index (χ3v) is 16.4. The molecule has 0 bridgehead atoms. The molecule has 4 amide bonds. The van der Waals surface area contributed by atoms with E-state index in [0.29, 0.717) is 62.1 Å². The molecule has 13 nitrogen and oxygen atoms in total. The lowest BCUT2D eigenvalue weighted by Crippen LogP contribution is -2.52. The molecule has 4 aromatic carbocycles. The Morgan fingerprint density at radius 3 is 2.35 bits per heavy atom.